The number of benzene rings is 1. The lowest BCUT2D eigenvalue weighted by Crippen LogP contribution is -2.32. The Balaban J connectivity index is 2.48. The summed E-state index contributed by atoms with van der Waals surface area (Å²) in [5.74, 6) is 0.783. The van der Waals surface area contributed by atoms with Gasteiger partial charge in [-0.1, -0.05) is 38.8 Å². The van der Waals surface area contributed by atoms with Crippen molar-refractivity contribution in [3.8, 4) is 0 Å². The number of nitrogens with one attached hydrogen (secondary N) is 1. The number of hydrogen-bond acceptors (Lipinski definition) is 2. The van der Waals surface area contributed by atoms with Crippen LogP contribution in [0.15, 0.2) is 24.3 Å². The van der Waals surface area contributed by atoms with Gasteiger partial charge >= 0.3 is 0 Å². The van der Waals surface area contributed by atoms with Gasteiger partial charge < -0.3 is 10.2 Å². The van der Waals surface area contributed by atoms with Crippen LogP contribution in [0.4, 0.5) is 5.69 Å². The van der Waals surface area contributed by atoms with Gasteiger partial charge in [0, 0.05) is 32.4 Å². The average molecular weight is 248 g/mol. The molecule has 2 heteroatoms. The van der Waals surface area contributed by atoms with Crippen LogP contribution in [0.3, 0.4) is 0 Å². The van der Waals surface area contributed by atoms with Crippen LogP contribution in [0.25, 0.3) is 0 Å². The highest BCUT2D eigenvalue weighted by atomic mass is 15.1. The van der Waals surface area contributed by atoms with Crippen molar-refractivity contribution in [2.24, 2.45) is 5.92 Å². The number of rotatable bonds is 7. The van der Waals surface area contributed by atoms with E-state index in [0.717, 1.165) is 12.5 Å². The van der Waals surface area contributed by atoms with E-state index < -0.39 is 0 Å². The Bertz CT molecular complexity index is 325. The lowest BCUT2D eigenvalue weighted by Gasteiger charge is -2.22. The zero-order valence-electron chi connectivity index (χ0n) is 12.5. The van der Waals surface area contributed by atoms with Crippen LogP contribution in [0.1, 0.15) is 39.2 Å². The summed E-state index contributed by atoms with van der Waals surface area (Å²) in [5.41, 5.74) is 2.62. The first-order chi connectivity index (χ1) is 8.58. The monoisotopic (exact) mass is 248 g/mol. The molecule has 0 bridgehead atoms. The van der Waals surface area contributed by atoms with E-state index in [1.54, 1.807) is 0 Å². The highest BCUT2D eigenvalue weighted by Crippen LogP contribution is 2.15. The molecule has 0 spiro atoms. The van der Waals surface area contributed by atoms with E-state index in [9.17, 15) is 0 Å². The molecule has 1 N–H and O–H groups in total. The molecule has 0 aliphatic rings. The Labute approximate surface area is 112 Å². The smallest absolute Gasteiger partial charge is 0.0361 e. The van der Waals surface area contributed by atoms with Crippen molar-refractivity contribution >= 4 is 5.69 Å². The van der Waals surface area contributed by atoms with Crippen LogP contribution in [-0.4, -0.2) is 20.1 Å². The first-order valence-electron chi connectivity index (χ1n) is 7.08. The first kappa shape index (κ1) is 15.0. The van der Waals surface area contributed by atoms with Gasteiger partial charge in [-0.3, -0.25) is 0 Å². The minimum atomic E-state index is 0.591. The fraction of sp³-hybridized carbons (Fsp3) is 0.625. The van der Waals surface area contributed by atoms with E-state index in [1.165, 1.54) is 24.1 Å². The van der Waals surface area contributed by atoms with E-state index in [2.05, 4.69) is 69.3 Å². The quantitative estimate of drug-likeness (QED) is 0.792. The molecule has 0 saturated carbocycles. The number of nitrogens with zero attached hydrogens (tertiary/aromatic N) is 1. The molecule has 0 fully saturated rings. The molecule has 0 amide bonds. The van der Waals surface area contributed by atoms with Crippen LogP contribution < -0.4 is 10.2 Å². The Morgan fingerprint density at radius 2 is 1.61 bits per heavy atom. The van der Waals surface area contributed by atoms with E-state index in [4.69, 9.17) is 0 Å². The predicted octanol–water partition coefficient (Wildman–Crippen LogP) is 3.67. The second kappa shape index (κ2) is 7.42. The molecule has 102 valence electrons. The van der Waals surface area contributed by atoms with Gasteiger partial charge in [-0.05, 0) is 30.5 Å². The molecule has 0 aromatic heterocycles. The van der Waals surface area contributed by atoms with Gasteiger partial charge in [-0.25, -0.2) is 0 Å². The lowest BCUT2D eigenvalue weighted by atomic mass is 9.95. The molecule has 0 radical (unpaired) electrons. The molecule has 18 heavy (non-hydrogen) atoms. The molecule has 1 aromatic rings. The SMILES string of the molecule is CCC(CC)C(C)NCc1ccc(N(C)C)cc1. The maximum Gasteiger partial charge on any atom is 0.0361 e. The molecule has 2 nitrogen and oxygen atoms in total. The predicted molar refractivity (Wildman–Crippen MR) is 81.1 cm³/mol. The summed E-state index contributed by atoms with van der Waals surface area (Å²) in [5, 5.41) is 3.64. The fourth-order valence-electron chi connectivity index (χ4n) is 2.35. The second-order valence-electron chi connectivity index (χ2n) is 5.31. The summed E-state index contributed by atoms with van der Waals surface area (Å²) in [6.45, 7) is 7.81. The maximum atomic E-state index is 3.64. The molecule has 1 unspecified atom stereocenters. The summed E-state index contributed by atoms with van der Waals surface area (Å²) in [7, 11) is 4.14. The summed E-state index contributed by atoms with van der Waals surface area (Å²) >= 11 is 0. The third-order valence-corrected chi connectivity index (χ3v) is 3.84. The largest absolute Gasteiger partial charge is 0.378 e. The number of hydrogen-bond donors (Lipinski definition) is 1. The van der Waals surface area contributed by atoms with Crippen LogP contribution in [0.2, 0.25) is 0 Å². The second-order valence-corrected chi connectivity index (χ2v) is 5.31. The molecule has 1 atom stereocenters. The van der Waals surface area contributed by atoms with Crippen molar-refractivity contribution in [2.75, 3.05) is 19.0 Å². The van der Waals surface area contributed by atoms with Crippen LogP contribution in [-0.2, 0) is 6.54 Å². The Morgan fingerprint density at radius 3 is 2.06 bits per heavy atom. The third-order valence-electron chi connectivity index (χ3n) is 3.84. The van der Waals surface area contributed by atoms with E-state index in [0.29, 0.717) is 6.04 Å². The van der Waals surface area contributed by atoms with E-state index in [-0.39, 0.29) is 0 Å². The van der Waals surface area contributed by atoms with Gasteiger partial charge in [0.1, 0.15) is 0 Å². The minimum Gasteiger partial charge on any atom is -0.378 e. The summed E-state index contributed by atoms with van der Waals surface area (Å²) in [4.78, 5) is 2.13. The Hall–Kier alpha value is -1.02. The highest BCUT2D eigenvalue weighted by molar-refractivity contribution is 5.45. The minimum absolute atomic E-state index is 0.591. The molecule has 0 heterocycles. The van der Waals surface area contributed by atoms with Gasteiger partial charge in [0.15, 0.2) is 0 Å². The Morgan fingerprint density at radius 1 is 1.06 bits per heavy atom. The summed E-state index contributed by atoms with van der Waals surface area (Å²) < 4.78 is 0. The summed E-state index contributed by atoms with van der Waals surface area (Å²) in [6.07, 6.45) is 2.51. The zero-order valence-corrected chi connectivity index (χ0v) is 12.5. The first-order valence-corrected chi connectivity index (χ1v) is 7.08. The van der Waals surface area contributed by atoms with Crippen LogP contribution >= 0.6 is 0 Å². The van der Waals surface area contributed by atoms with E-state index >= 15 is 0 Å². The van der Waals surface area contributed by atoms with Crippen molar-refractivity contribution < 1.29 is 0 Å². The summed E-state index contributed by atoms with van der Waals surface area (Å²) in [6, 6.07) is 9.37. The fourth-order valence-corrected chi connectivity index (χ4v) is 2.35. The molecule has 1 aromatic carbocycles. The molecular weight excluding hydrogens is 220 g/mol. The molecule has 0 aliphatic carbocycles. The van der Waals surface area contributed by atoms with Gasteiger partial charge in [-0.15, -0.1) is 0 Å². The van der Waals surface area contributed by atoms with Gasteiger partial charge in [-0.2, -0.15) is 0 Å². The van der Waals surface area contributed by atoms with E-state index in [1.807, 2.05) is 0 Å². The van der Waals surface area contributed by atoms with Crippen LogP contribution in [0.5, 0.6) is 0 Å². The van der Waals surface area contributed by atoms with Gasteiger partial charge in [0.05, 0.1) is 0 Å². The molecular formula is C16H28N2. The standard InChI is InChI=1S/C16H28N2/c1-6-15(7-2)13(3)17-12-14-8-10-16(11-9-14)18(4)5/h8-11,13,15,17H,6-7,12H2,1-5H3. The molecule has 0 aliphatic heterocycles. The van der Waals surface area contributed by atoms with Crippen LogP contribution in [0, 0.1) is 5.92 Å². The zero-order chi connectivity index (χ0) is 13.5. The highest BCUT2D eigenvalue weighted by Gasteiger charge is 2.12. The molecule has 1 rings (SSSR count). The normalized spacial score (nSPS) is 12.8. The lowest BCUT2D eigenvalue weighted by molar-refractivity contribution is 0.353. The van der Waals surface area contributed by atoms with Crippen molar-refractivity contribution in [3.63, 3.8) is 0 Å². The van der Waals surface area contributed by atoms with Crippen molar-refractivity contribution in [2.45, 2.75) is 46.2 Å². The van der Waals surface area contributed by atoms with Crippen molar-refractivity contribution in [1.82, 2.24) is 5.32 Å². The average Bonchev–Trinajstić information content (AvgIpc) is 2.38. The van der Waals surface area contributed by atoms with Crippen molar-refractivity contribution in [3.05, 3.63) is 29.8 Å². The topological polar surface area (TPSA) is 15.3 Å². The van der Waals surface area contributed by atoms with Gasteiger partial charge in [0.2, 0.25) is 0 Å². The van der Waals surface area contributed by atoms with Crippen molar-refractivity contribution in [1.29, 1.82) is 0 Å². The molecule has 0 saturated heterocycles. The van der Waals surface area contributed by atoms with Gasteiger partial charge in [0.25, 0.3) is 0 Å². The number of anilines is 1. The maximum absolute atomic E-state index is 3.64. The third kappa shape index (κ3) is 4.34. The Kier molecular flexibility index (Phi) is 6.20.